The molecule has 1 amide bonds. The van der Waals surface area contributed by atoms with Crippen molar-refractivity contribution in [2.45, 2.75) is 25.3 Å². The minimum atomic E-state index is -1.27. The second-order valence-corrected chi connectivity index (χ2v) is 2.67. The summed E-state index contributed by atoms with van der Waals surface area (Å²) in [7, 11) is 0. The quantitative estimate of drug-likeness (QED) is 0.467. The Morgan fingerprint density at radius 3 is 2.30 bits per heavy atom. The number of amides is 1. The van der Waals surface area contributed by atoms with Crippen LogP contribution >= 0.6 is 0 Å². The third-order valence-corrected chi connectivity index (χ3v) is 1.75. The molecule has 1 saturated carbocycles. The van der Waals surface area contributed by atoms with E-state index in [-0.39, 0.29) is 0 Å². The molecule has 56 valence electrons. The molecule has 0 radical (unpaired) electrons. The number of carbonyl (C=O) groups is 1. The third-order valence-electron chi connectivity index (χ3n) is 1.75. The lowest BCUT2D eigenvalue weighted by Gasteiger charge is -2.15. The van der Waals surface area contributed by atoms with Crippen molar-refractivity contribution in [2.75, 3.05) is 0 Å². The van der Waals surface area contributed by atoms with Gasteiger partial charge >= 0.3 is 6.09 Å². The summed E-state index contributed by atoms with van der Waals surface area (Å²) in [6, 6.07) is 0. The minimum absolute atomic E-state index is 0.506. The number of nitroso groups, excluding NO2 is 1. The van der Waals surface area contributed by atoms with Crippen molar-refractivity contribution in [3.05, 3.63) is 4.91 Å². The molecule has 1 rings (SSSR count). The normalized spacial score (nSPS) is 19.7. The molecular formula is C5H8N2O3. The molecule has 10 heavy (non-hydrogen) atoms. The first-order valence-electron chi connectivity index (χ1n) is 2.96. The zero-order valence-electron chi connectivity index (χ0n) is 5.57. The lowest BCUT2D eigenvalue weighted by Crippen LogP contribution is -2.34. The van der Waals surface area contributed by atoms with E-state index < -0.39 is 11.6 Å². The second kappa shape index (κ2) is 1.93. The van der Waals surface area contributed by atoms with E-state index in [0.717, 1.165) is 12.8 Å². The molecule has 0 bridgehead atoms. The van der Waals surface area contributed by atoms with Crippen LogP contribution in [0.15, 0.2) is 5.29 Å². The average molecular weight is 144 g/mol. The van der Waals surface area contributed by atoms with Gasteiger partial charge in [-0.15, -0.1) is 4.91 Å². The van der Waals surface area contributed by atoms with E-state index in [1.54, 1.807) is 6.92 Å². The number of nitrogens with zero attached hydrogens (tertiary/aromatic N) is 2. The first-order chi connectivity index (χ1) is 4.60. The number of hydrogen-bond donors (Lipinski definition) is 1. The molecule has 0 aromatic rings. The standard InChI is InChI=1S/C5H8N2O3/c1-5(2-3-5)7(6-10)4(8)9/h2-3H2,1H3,(H,8,9). The van der Waals surface area contributed by atoms with Crippen molar-refractivity contribution in [2.24, 2.45) is 5.29 Å². The summed E-state index contributed by atoms with van der Waals surface area (Å²) in [4.78, 5) is 20.2. The summed E-state index contributed by atoms with van der Waals surface area (Å²) in [5.74, 6) is 0. The highest BCUT2D eigenvalue weighted by Gasteiger charge is 2.47. The maximum atomic E-state index is 10.2. The van der Waals surface area contributed by atoms with Crippen LogP contribution in [0, 0.1) is 4.91 Å². The van der Waals surface area contributed by atoms with Crippen molar-refractivity contribution in [1.82, 2.24) is 5.01 Å². The SMILES string of the molecule is CC1(N(N=O)C(=O)O)CC1. The van der Waals surface area contributed by atoms with E-state index in [1.165, 1.54) is 0 Å². The Labute approximate surface area is 57.6 Å². The smallest absolute Gasteiger partial charge is 0.431 e. The van der Waals surface area contributed by atoms with Gasteiger partial charge in [0.25, 0.3) is 0 Å². The predicted octanol–water partition coefficient (Wildman–Crippen LogP) is 1.20. The fourth-order valence-corrected chi connectivity index (χ4v) is 0.757. The molecule has 0 aromatic heterocycles. The first-order valence-corrected chi connectivity index (χ1v) is 2.96. The van der Waals surface area contributed by atoms with E-state index in [0.29, 0.717) is 5.01 Å². The summed E-state index contributed by atoms with van der Waals surface area (Å²) in [6.07, 6.45) is 0.186. The molecule has 0 aliphatic heterocycles. The summed E-state index contributed by atoms with van der Waals surface area (Å²) in [6.45, 7) is 1.70. The van der Waals surface area contributed by atoms with Gasteiger partial charge in [0, 0.05) is 0 Å². The predicted molar refractivity (Wildman–Crippen MR) is 33.3 cm³/mol. The number of rotatable bonds is 2. The van der Waals surface area contributed by atoms with E-state index in [9.17, 15) is 9.70 Å². The van der Waals surface area contributed by atoms with Crippen LogP contribution in [0.25, 0.3) is 0 Å². The van der Waals surface area contributed by atoms with Crippen molar-refractivity contribution in [3.8, 4) is 0 Å². The molecule has 0 atom stereocenters. The third kappa shape index (κ3) is 0.940. The summed E-state index contributed by atoms with van der Waals surface area (Å²) < 4.78 is 0. The summed E-state index contributed by atoms with van der Waals surface area (Å²) in [5.41, 5.74) is -0.506. The monoisotopic (exact) mass is 144 g/mol. The molecule has 5 heteroatoms. The summed E-state index contributed by atoms with van der Waals surface area (Å²) >= 11 is 0. The van der Waals surface area contributed by atoms with Gasteiger partial charge in [0.1, 0.15) is 0 Å². The van der Waals surface area contributed by atoms with Crippen LogP contribution in [0.1, 0.15) is 19.8 Å². The molecule has 0 unspecified atom stereocenters. The van der Waals surface area contributed by atoms with Gasteiger partial charge in [0.05, 0.1) is 10.8 Å². The van der Waals surface area contributed by atoms with Gasteiger partial charge in [-0.2, -0.15) is 5.01 Å². The number of hydrogen-bond acceptors (Lipinski definition) is 3. The van der Waals surface area contributed by atoms with Gasteiger partial charge in [-0.05, 0) is 19.8 Å². The van der Waals surface area contributed by atoms with Crippen molar-refractivity contribution in [3.63, 3.8) is 0 Å². The average Bonchev–Trinajstić information content (AvgIpc) is 2.49. The second-order valence-electron chi connectivity index (χ2n) is 2.67. The lowest BCUT2D eigenvalue weighted by molar-refractivity contribution is 0.123. The minimum Gasteiger partial charge on any atom is -0.464 e. The largest absolute Gasteiger partial charge is 0.464 e. The zero-order chi connectivity index (χ0) is 7.78. The Kier molecular flexibility index (Phi) is 1.35. The lowest BCUT2D eigenvalue weighted by atomic mass is 10.3. The van der Waals surface area contributed by atoms with Crippen LogP contribution in [0.5, 0.6) is 0 Å². The molecule has 1 aliphatic rings. The van der Waals surface area contributed by atoms with E-state index >= 15 is 0 Å². The molecule has 0 heterocycles. The van der Waals surface area contributed by atoms with E-state index in [2.05, 4.69) is 5.29 Å². The van der Waals surface area contributed by atoms with Crippen LogP contribution in [0.2, 0.25) is 0 Å². The molecule has 1 N–H and O–H groups in total. The van der Waals surface area contributed by atoms with Crippen molar-refractivity contribution in [1.29, 1.82) is 0 Å². The molecule has 0 saturated heterocycles. The van der Waals surface area contributed by atoms with Gasteiger partial charge in [0.15, 0.2) is 0 Å². The fraction of sp³-hybridized carbons (Fsp3) is 0.800. The van der Waals surface area contributed by atoms with Gasteiger partial charge in [-0.3, -0.25) is 0 Å². The number of carboxylic acid groups (broad SMARTS) is 1. The Morgan fingerprint density at radius 2 is 2.20 bits per heavy atom. The highest BCUT2D eigenvalue weighted by atomic mass is 16.4. The molecule has 1 fully saturated rings. The van der Waals surface area contributed by atoms with Gasteiger partial charge in [0.2, 0.25) is 0 Å². The Morgan fingerprint density at radius 1 is 1.70 bits per heavy atom. The Balaban J connectivity index is 2.65. The Bertz CT molecular complexity index is 176. The van der Waals surface area contributed by atoms with E-state index in [4.69, 9.17) is 5.11 Å². The maximum Gasteiger partial charge on any atom is 0.431 e. The van der Waals surface area contributed by atoms with Crippen molar-refractivity contribution >= 4 is 6.09 Å². The molecule has 5 nitrogen and oxygen atoms in total. The molecular weight excluding hydrogens is 136 g/mol. The van der Waals surface area contributed by atoms with Crippen LogP contribution in [0.4, 0.5) is 4.79 Å². The van der Waals surface area contributed by atoms with E-state index in [1.807, 2.05) is 0 Å². The highest BCUT2D eigenvalue weighted by molar-refractivity contribution is 5.66. The molecule has 0 spiro atoms. The molecule has 1 aliphatic carbocycles. The topological polar surface area (TPSA) is 70.0 Å². The van der Waals surface area contributed by atoms with Gasteiger partial charge < -0.3 is 5.11 Å². The van der Waals surface area contributed by atoms with Gasteiger partial charge in [-0.25, -0.2) is 4.79 Å². The zero-order valence-corrected chi connectivity index (χ0v) is 5.57. The highest BCUT2D eigenvalue weighted by Crippen LogP contribution is 2.41. The molecule has 0 aromatic carbocycles. The van der Waals surface area contributed by atoms with Crippen LogP contribution < -0.4 is 0 Å². The van der Waals surface area contributed by atoms with Gasteiger partial charge in [-0.1, -0.05) is 0 Å². The maximum absolute atomic E-state index is 10.2. The van der Waals surface area contributed by atoms with Crippen LogP contribution in [-0.4, -0.2) is 21.7 Å². The summed E-state index contributed by atoms with van der Waals surface area (Å²) in [5, 5.41) is 11.4. The van der Waals surface area contributed by atoms with Crippen molar-refractivity contribution < 1.29 is 9.90 Å². The fourth-order valence-electron chi connectivity index (χ4n) is 0.757. The first kappa shape index (κ1) is 6.98. The Hall–Kier alpha value is -1.13. The van der Waals surface area contributed by atoms with Crippen LogP contribution in [-0.2, 0) is 0 Å². The van der Waals surface area contributed by atoms with Crippen LogP contribution in [0.3, 0.4) is 0 Å².